The number of nitrogens with one attached hydrogen (secondary N) is 1. The number of carbonyl (C=O) groups excluding carboxylic acids is 1. The maximum atomic E-state index is 13.0. The minimum atomic E-state index is -4.49. The van der Waals surface area contributed by atoms with E-state index >= 15 is 0 Å². The monoisotopic (exact) mass is 379 g/mol. The zero-order chi connectivity index (χ0) is 19.2. The predicted octanol–water partition coefficient (Wildman–Crippen LogP) is 5.05. The molecule has 1 aliphatic rings. The van der Waals surface area contributed by atoms with E-state index in [1.165, 1.54) is 6.07 Å². The van der Waals surface area contributed by atoms with Gasteiger partial charge in [0.05, 0.1) is 17.0 Å². The maximum absolute atomic E-state index is 13.0. The van der Waals surface area contributed by atoms with E-state index in [4.69, 9.17) is 21.1 Å². The van der Waals surface area contributed by atoms with Crippen LogP contribution < -0.4 is 10.1 Å². The SMILES string of the molecule is CC(C)(C)OC(=O)N[C@H]1[C@H](Cl)c2cc(C(F)(F)F)ccc2OC1(C)C. The highest BCUT2D eigenvalue weighted by Crippen LogP contribution is 2.45. The summed E-state index contributed by atoms with van der Waals surface area (Å²) in [4.78, 5) is 12.1. The second kappa shape index (κ2) is 6.27. The quantitative estimate of drug-likeness (QED) is 0.694. The first kappa shape index (κ1) is 19.7. The molecule has 4 nitrogen and oxygen atoms in total. The summed E-state index contributed by atoms with van der Waals surface area (Å²) in [7, 11) is 0. The molecule has 1 aromatic rings. The molecule has 0 spiro atoms. The molecular weight excluding hydrogens is 359 g/mol. The van der Waals surface area contributed by atoms with Crippen LogP contribution in [-0.2, 0) is 10.9 Å². The Morgan fingerprint density at radius 1 is 1.28 bits per heavy atom. The minimum absolute atomic E-state index is 0.178. The molecule has 2 rings (SSSR count). The van der Waals surface area contributed by atoms with Crippen LogP contribution in [0.4, 0.5) is 18.0 Å². The maximum Gasteiger partial charge on any atom is 0.416 e. The van der Waals surface area contributed by atoms with Crippen LogP contribution in [0.2, 0.25) is 0 Å². The third-order valence-corrected chi connectivity index (χ3v) is 4.21. The summed E-state index contributed by atoms with van der Waals surface area (Å²) in [5.74, 6) is 0.264. The number of hydrogen-bond donors (Lipinski definition) is 1. The molecule has 0 fully saturated rings. The van der Waals surface area contributed by atoms with Crippen LogP contribution in [0.25, 0.3) is 0 Å². The number of alkyl carbamates (subject to hydrolysis) is 1. The first-order valence-electron chi connectivity index (χ1n) is 7.74. The Labute approximate surface area is 149 Å². The molecule has 0 aliphatic carbocycles. The lowest BCUT2D eigenvalue weighted by molar-refractivity contribution is -0.137. The smallest absolute Gasteiger partial charge is 0.416 e. The van der Waals surface area contributed by atoms with Crippen molar-refractivity contribution in [2.45, 2.75) is 63.4 Å². The molecule has 1 N–H and O–H groups in total. The van der Waals surface area contributed by atoms with Gasteiger partial charge in [0.25, 0.3) is 0 Å². The van der Waals surface area contributed by atoms with E-state index in [9.17, 15) is 18.0 Å². The van der Waals surface area contributed by atoms with Crippen molar-refractivity contribution in [1.29, 1.82) is 0 Å². The third kappa shape index (κ3) is 4.51. The van der Waals surface area contributed by atoms with E-state index in [0.717, 1.165) is 12.1 Å². The van der Waals surface area contributed by atoms with Crippen LogP contribution in [0.15, 0.2) is 18.2 Å². The fourth-order valence-corrected chi connectivity index (χ4v) is 3.13. The second-order valence-corrected chi connectivity index (χ2v) is 7.95. The van der Waals surface area contributed by atoms with Crippen molar-refractivity contribution in [2.75, 3.05) is 0 Å². The summed E-state index contributed by atoms with van der Waals surface area (Å²) in [6, 6.07) is 2.37. The van der Waals surface area contributed by atoms with Crippen molar-refractivity contribution in [3.05, 3.63) is 29.3 Å². The van der Waals surface area contributed by atoms with Gasteiger partial charge >= 0.3 is 12.3 Å². The molecule has 0 aromatic heterocycles. The average Bonchev–Trinajstić information content (AvgIpc) is 2.39. The van der Waals surface area contributed by atoms with Gasteiger partial charge in [0.2, 0.25) is 0 Å². The van der Waals surface area contributed by atoms with E-state index in [-0.39, 0.29) is 11.3 Å². The normalized spacial score (nSPS) is 22.6. The van der Waals surface area contributed by atoms with Gasteiger partial charge in [-0.25, -0.2) is 4.79 Å². The van der Waals surface area contributed by atoms with E-state index in [2.05, 4.69) is 5.32 Å². The summed E-state index contributed by atoms with van der Waals surface area (Å²) >= 11 is 6.42. The van der Waals surface area contributed by atoms with Crippen LogP contribution >= 0.6 is 11.6 Å². The highest BCUT2D eigenvalue weighted by atomic mass is 35.5. The van der Waals surface area contributed by atoms with Crippen molar-refractivity contribution >= 4 is 17.7 Å². The Morgan fingerprint density at radius 3 is 2.40 bits per heavy atom. The molecule has 1 heterocycles. The van der Waals surface area contributed by atoms with Gasteiger partial charge in [0, 0.05) is 5.56 Å². The summed E-state index contributed by atoms with van der Waals surface area (Å²) in [5, 5.41) is 1.71. The van der Waals surface area contributed by atoms with Crippen LogP contribution in [0.1, 0.15) is 51.1 Å². The molecule has 1 aliphatic heterocycles. The molecular formula is C17H21ClF3NO3. The van der Waals surface area contributed by atoms with Crippen molar-refractivity contribution in [1.82, 2.24) is 5.32 Å². The Kier molecular flexibility index (Phi) is 4.94. The lowest BCUT2D eigenvalue weighted by Crippen LogP contribution is -2.57. The van der Waals surface area contributed by atoms with Crippen molar-refractivity contribution < 1.29 is 27.4 Å². The molecule has 1 aromatic carbocycles. The second-order valence-electron chi connectivity index (χ2n) is 7.48. The van der Waals surface area contributed by atoms with Gasteiger partial charge in [0.15, 0.2) is 0 Å². The highest BCUT2D eigenvalue weighted by Gasteiger charge is 2.45. The highest BCUT2D eigenvalue weighted by molar-refractivity contribution is 6.21. The van der Waals surface area contributed by atoms with Gasteiger partial charge in [-0.05, 0) is 52.8 Å². The fraction of sp³-hybridized carbons (Fsp3) is 0.588. The summed E-state index contributed by atoms with van der Waals surface area (Å²) in [6.45, 7) is 8.52. The molecule has 0 radical (unpaired) electrons. The van der Waals surface area contributed by atoms with E-state index in [0.29, 0.717) is 0 Å². The first-order valence-corrected chi connectivity index (χ1v) is 8.18. The Hall–Kier alpha value is -1.63. The summed E-state index contributed by atoms with van der Waals surface area (Å²) < 4.78 is 49.9. The van der Waals surface area contributed by atoms with Gasteiger partial charge in [-0.2, -0.15) is 13.2 Å². The van der Waals surface area contributed by atoms with Crippen LogP contribution in [0.5, 0.6) is 5.75 Å². The van der Waals surface area contributed by atoms with Gasteiger partial charge in [0.1, 0.15) is 17.0 Å². The Bertz CT molecular complexity index is 668. The number of ether oxygens (including phenoxy) is 2. The molecule has 0 saturated carbocycles. The Balaban J connectivity index is 2.33. The topological polar surface area (TPSA) is 47.6 Å². The molecule has 1 amide bonds. The number of halogens is 4. The number of hydrogen-bond acceptors (Lipinski definition) is 3. The summed E-state index contributed by atoms with van der Waals surface area (Å²) in [6.07, 6.45) is -5.21. The largest absolute Gasteiger partial charge is 0.485 e. The molecule has 140 valence electrons. The van der Waals surface area contributed by atoms with Crippen LogP contribution in [-0.4, -0.2) is 23.3 Å². The molecule has 8 heteroatoms. The van der Waals surface area contributed by atoms with E-state index in [1.807, 2.05) is 0 Å². The number of alkyl halides is 4. The number of benzene rings is 1. The Morgan fingerprint density at radius 2 is 1.88 bits per heavy atom. The zero-order valence-electron chi connectivity index (χ0n) is 14.6. The van der Waals surface area contributed by atoms with Gasteiger partial charge in [-0.15, -0.1) is 11.6 Å². The van der Waals surface area contributed by atoms with E-state index < -0.39 is 40.5 Å². The fourth-order valence-electron chi connectivity index (χ4n) is 2.59. The molecule has 0 bridgehead atoms. The number of amides is 1. The lowest BCUT2D eigenvalue weighted by atomic mass is 9.87. The molecule has 0 unspecified atom stereocenters. The zero-order valence-corrected chi connectivity index (χ0v) is 15.4. The molecule has 25 heavy (non-hydrogen) atoms. The van der Waals surface area contributed by atoms with Gasteiger partial charge in [-0.1, -0.05) is 0 Å². The summed E-state index contributed by atoms with van der Waals surface area (Å²) in [5.41, 5.74) is -2.30. The van der Waals surface area contributed by atoms with Crippen molar-refractivity contribution in [3.63, 3.8) is 0 Å². The van der Waals surface area contributed by atoms with Gasteiger partial charge in [-0.3, -0.25) is 0 Å². The molecule has 0 saturated heterocycles. The number of carbonyl (C=O) groups is 1. The number of rotatable bonds is 1. The van der Waals surface area contributed by atoms with Crippen LogP contribution in [0.3, 0.4) is 0 Å². The van der Waals surface area contributed by atoms with Gasteiger partial charge < -0.3 is 14.8 Å². The average molecular weight is 380 g/mol. The minimum Gasteiger partial charge on any atom is -0.485 e. The number of fused-ring (bicyclic) bond motifs is 1. The predicted molar refractivity (Wildman–Crippen MR) is 87.9 cm³/mol. The standard InChI is InChI=1S/C17H21ClF3NO3/c1-15(2,3)25-14(23)22-13-12(18)10-8-9(17(19,20)21)6-7-11(10)24-16(13,4)5/h6-8,12-13H,1-5H3,(H,22,23)/t12-,13+/m1/s1. The van der Waals surface area contributed by atoms with Crippen molar-refractivity contribution in [3.8, 4) is 5.75 Å². The lowest BCUT2D eigenvalue weighted by Gasteiger charge is -2.43. The van der Waals surface area contributed by atoms with Crippen molar-refractivity contribution in [2.24, 2.45) is 0 Å². The molecule has 2 atom stereocenters. The van der Waals surface area contributed by atoms with Crippen LogP contribution in [0, 0.1) is 0 Å². The van der Waals surface area contributed by atoms with E-state index in [1.54, 1.807) is 34.6 Å². The first-order chi connectivity index (χ1) is 11.2. The third-order valence-electron chi connectivity index (χ3n) is 3.72.